The summed E-state index contributed by atoms with van der Waals surface area (Å²) in [5, 5.41) is 12.9. The smallest absolute Gasteiger partial charge is 0.112 e. The SMILES string of the molecule is CC1(C)CCCC1(C#N)NC1CC1. The van der Waals surface area contributed by atoms with Gasteiger partial charge in [-0.1, -0.05) is 13.8 Å². The molecule has 0 aliphatic heterocycles. The summed E-state index contributed by atoms with van der Waals surface area (Å²) in [6, 6.07) is 3.16. The Morgan fingerprint density at radius 2 is 2.00 bits per heavy atom. The van der Waals surface area contributed by atoms with Crippen molar-refractivity contribution in [2.75, 3.05) is 0 Å². The second-order valence-electron chi connectivity index (χ2n) is 5.17. The number of nitriles is 1. The molecule has 2 rings (SSSR count). The van der Waals surface area contributed by atoms with Crippen LogP contribution in [0.5, 0.6) is 0 Å². The van der Waals surface area contributed by atoms with Crippen LogP contribution in [-0.2, 0) is 0 Å². The van der Waals surface area contributed by atoms with Gasteiger partial charge in [-0.05, 0) is 37.5 Å². The maximum absolute atomic E-state index is 9.32. The van der Waals surface area contributed by atoms with Crippen LogP contribution in [0, 0.1) is 16.7 Å². The molecular formula is C11H18N2. The number of rotatable bonds is 2. The molecule has 0 radical (unpaired) electrons. The van der Waals surface area contributed by atoms with Gasteiger partial charge < -0.3 is 0 Å². The van der Waals surface area contributed by atoms with Gasteiger partial charge in [0, 0.05) is 6.04 Å². The molecule has 0 amide bonds. The summed E-state index contributed by atoms with van der Waals surface area (Å²) in [6.45, 7) is 4.44. The van der Waals surface area contributed by atoms with Crippen molar-refractivity contribution in [2.24, 2.45) is 5.41 Å². The fourth-order valence-electron chi connectivity index (χ4n) is 2.43. The first-order valence-corrected chi connectivity index (χ1v) is 5.29. The van der Waals surface area contributed by atoms with E-state index in [9.17, 15) is 5.26 Å². The largest absolute Gasteiger partial charge is 0.296 e. The fourth-order valence-corrected chi connectivity index (χ4v) is 2.43. The average molecular weight is 178 g/mol. The van der Waals surface area contributed by atoms with Crippen molar-refractivity contribution in [2.45, 2.75) is 57.5 Å². The number of hydrogen-bond acceptors (Lipinski definition) is 2. The minimum atomic E-state index is -0.228. The van der Waals surface area contributed by atoms with Crippen molar-refractivity contribution in [1.29, 1.82) is 5.26 Å². The Kier molecular flexibility index (Phi) is 1.89. The van der Waals surface area contributed by atoms with Gasteiger partial charge in [-0.2, -0.15) is 5.26 Å². The molecule has 72 valence electrons. The maximum atomic E-state index is 9.32. The molecule has 0 saturated heterocycles. The van der Waals surface area contributed by atoms with Crippen molar-refractivity contribution >= 4 is 0 Å². The van der Waals surface area contributed by atoms with Gasteiger partial charge in [-0.25, -0.2) is 0 Å². The predicted octanol–water partition coefficient (Wildman–Crippen LogP) is 2.21. The molecule has 0 aromatic carbocycles. The summed E-state index contributed by atoms with van der Waals surface area (Å²) in [6.07, 6.45) is 5.94. The summed E-state index contributed by atoms with van der Waals surface area (Å²) < 4.78 is 0. The molecule has 0 aromatic rings. The van der Waals surface area contributed by atoms with E-state index in [1.165, 1.54) is 25.7 Å². The predicted molar refractivity (Wildman–Crippen MR) is 52.1 cm³/mol. The lowest BCUT2D eigenvalue weighted by Gasteiger charge is -2.36. The first-order valence-electron chi connectivity index (χ1n) is 5.29. The van der Waals surface area contributed by atoms with Gasteiger partial charge >= 0.3 is 0 Å². The molecule has 1 unspecified atom stereocenters. The molecule has 2 aliphatic rings. The molecule has 2 heteroatoms. The quantitative estimate of drug-likeness (QED) is 0.703. The van der Waals surface area contributed by atoms with Crippen LogP contribution in [0.2, 0.25) is 0 Å². The lowest BCUT2D eigenvalue weighted by molar-refractivity contribution is 0.213. The van der Waals surface area contributed by atoms with E-state index in [0.717, 1.165) is 6.42 Å². The molecular weight excluding hydrogens is 160 g/mol. The number of nitrogens with one attached hydrogen (secondary N) is 1. The zero-order chi connectivity index (χ0) is 9.53. The van der Waals surface area contributed by atoms with Gasteiger partial charge in [-0.3, -0.25) is 5.32 Å². The topological polar surface area (TPSA) is 35.8 Å². The molecule has 2 saturated carbocycles. The fraction of sp³-hybridized carbons (Fsp3) is 0.909. The van der Waals surface area contributed by atoms with Gasteiger partial charge in [0.1, 0.15) is 5.54 Å². The third-order valence-corrected chi connectivity index (χ3v) is 3.73. The van der Waals surface area contributed by atoms with Gasteiger partial charge in [-0.15, -0.1) is 0 Å². The third kappa shape index (κ3) is 1.36. The van der Waals surface area contributed by atoms with Crippen LogP contribution in [0.25, 0.3) is 0 Å². The Morgan fingerprint density at radius 3 is 2.38 bits per heavy atom. The Bertz CT molecular complexity index is 247. The maximum Gasteiger partial charge on any atom is 0.112 e. The minimum absolute atomic E-state index is 0.157. The van der Waals surface area contributed by atoms with Gasteiger partial charge in [0.2, 0.25) is 0 Å². The van der Waals surface area contributed by atoms with Crippen LogP contribution in [0.4, 0.5) is 0 Å². The van der Waals surface area contributed by atoms with Crippen molar-refractivity contribution < 1.29 is 0 Å². The second kappa shape index (κ2) is 2.72. The van der Waals surface area contributed by atoms with Gasteiger partial charge in [0.15, 0.2) is 0 Å². The lowest BCUT2D eigenvalue weighted by atomic mass is 9.76. The van der Waals surface area contributed by atoms with Crippen LogP contribution >= 0.6 is 0 Å². The van der Waals surface area contributed by atoms with Gasteiger partial charge in [0.25, 0.3) is 0 Å². The van der Waals surface area contributed by atoms with Crippen molar-refractivity contribution in [3.63, 3.8) is 0 Å². The molecule has 1 N–H and O–H groups in total. The number of nitrogens with zero attached hydrogens (tertiary/aromatic N) is 1. The highest BCUT2D eigenvalue weighted by Gasteiger charge is 2.51. The molecule has 2 aliphatic carbocycles. The Labute approximate surface area is 80.3 Å². The van der Waals surface area contributed by atoms with Crippen molar-refractivity contribution in [1.82, 2.24) is 5.32 Å². The highest BCUT2D eigenvalue weighted by atomic mass is 15.1. The van der Waals surface area contributed by atoms with Gasteiger partial charge in [0.05, 0.1) is 6.07 Å². The number of hydrogen-bond donors (Lipinski definition) is 1. The van der Waals surface area contributed by atoms with E-state index in [2.05, 4.69) is 25.2 Å². The Balaban J connectivity index is 2.17. The summed E-state index contributed by atoms with van der Waals surface area (Å²) >= 11 is 0. The lowest BCUT2D eigenvalue weighted by Crippen LogP contribution is -2.52. The summed E-state index contributed by atoms with van der Waals surface area (Å²) in [5.41, 5.74) is -0.0709. The summed E-state index contributed by atoms with van der Waals surface area (Å²) in [4.78, 5) is 0. The zero-order valence-corrected chi connectivity index (χ0v) is 8.56. The van der Waals surface area contributed by atoms with Crippen LogP contribution in [0.3, 0.4) is 0 Å². The molecule has 13 heavy (non-hydrogen) atoms. The minimum Gasteiger partial charge on any atom is -0.296 e. The third-order valence-electron chi connectivity index (χ3n) is 3.73. The van der Waals surface area contributed by atoms with Crippen LogP contribution in [0.15, 0.2) is 0 Å². The van der Waals surface area contributed by atoms with E-state index < -0.39 is 0 Å². The highest BCUT2D eigenvalue weighted by Crippen LogP contribution is 2.46. The van der Waals surface area contributed by atoms with Crippen LogP contribution in [-0.4, -0.2) is 11.6 Å². The van der Waals surface area contributed by atoms with E-state index in [1.807, 2.05) is 0 Å². The van der Waals surface area contributed by atoms with E-state index in [-0.39, 0.29) is 11.0 Å². The van der Waals surface area contributed by atoms with E-state index in [4.69, 9.17) is 0 Å². The first kappa shape index (κ1) is 9.02. The van der Waals surface area contributed by atoms with Crippen molar-refractivity contribution in [3.8, 4) is 6.07 Å². The zero-order valence-electron chi connectivity index (χ0n) is 8.56. The molecule has 0 spiro atoms. The molecule has 2 fully saturated rings. The van der Waals surface area contributed by atoms with Crippen molar-refractivity contribution in [3.05, 3.63) is 0 Å². The molecule has 0 bridgehead atoms. The molecule has 2 nitrogen and oxygen atoms in total. The molecule has 1 atom stereocenters. The standard InChI is InChI=1S/C11H18N2/c1-10(2)6-3-7-11(10,8-12)13-9-4-5-9/h9,13H,3-7H2,1-2H3. The van der Waals surface area contributed by atoms with E-state index in [1.54, 1.807) is 0 Å². The Morgan fingerprint density at radius 1 is 1.31 bits per heavy atom. The Hall–Kier alpha value is -0.550. The van der Waals surface area contributed by atoms with E-state index >= 15 is 0 Å². The molecule has 0 heterocycles. The van der Waals surface area contributed by atoms with Crippen LogP contribution in [0.1, 0.15) is 46.0 Å². The second-order valence-corrected chi connectivity index (χ2v) is 5.17. The first-order chi connectivity index (χ1) is 6.10. The van der Waals surface area contributed by atoms with E-state index in [0.29, 0.717) is 6.04 Å². The highest BCUT2D eigenvalue weighted by molar-refractivity contribution is 5.19. The summed E-state index contributed by atoms with van der Waals surface area (Å²) in [5.74, 6) is 0. The summed E-state index contributed by atoms with van der Waals surface area (Å²) in [7, 11) is 0. The monoisotopic (exact) mass is 178 g/mol. The average Bonchev–Trinajstić information content (AvgIpc) is 2.80. The van der Waals surface area contributed by atoms with Crippen LogP contribution < -0.4 is 5.32 Å². The normalized spacial score (nSPS) is 37.3. The molecule has 0 aromatic heterocycles.